The third kappa shape index (κ3) is 3.29. The molecule has 2 aromatic heterocycles. The van der Waals surface area contributed by atoms with Crippen molar-refractivity contribution in [2.24, 2.45) is 0 Å². The molecule has 146 valence electrons. The van der Waals surface area contributed by atoms with Crippen LogP contribution in [0.5, 0.6) is 0 Å². The van der Waals surface area contributed by atoms with Crippen molar-refractivity contribution < 1.29 is 17.3 Å². The van der Waals surface area contributed by atoms with Crippen molar-refractivity contribution in [1.29, 1.82) is 0 Å². The minimum absolute atomic E-state index is 0.0482. The van der Waals surface area contributed by atoms with Gasteiger partial charge in [-0.2, -0.15) is 9.29 Å². The Morgan fingerprint density at radius 2 is 2.11 bits per heavy atom. The number of nitrogens with zero attached hydrogens (tertiary/aromatic N) is 5. The fourth-order valence-corrected chi connectivity index (χ4v) is 4.81. The van der Waals surface area contributed by atoms with Crippen LogP contribution in [0.1, 0.15) is 29.5 Å². The second-order valence-electron chi connectivity index (χ2n) is 6.72. The van der Waals surface area contributed by atoms with E-state index in [9.17, 15) is 12.8 Å². The predicted molar refractivity (Wildman–Crippen MR) is 97.3 cm³/mol. The Labute approximate surface area is 161 Å². The second-order valence-corrected chi connectivity index (χ2v) is 8.66. The van der Waals surface area contributed by atoms with E-state index in [1.54, 1.807) is 20.0 Å². The number of rotatable bonds is 4. The Balaban J connectivity index is 1.62. The number of sulfonamides is 1. The molecule has 0 amide bonds. The minimum atomic E-state index is -3.79. The lowest BCUT2D eigenvalue weighted by Crippen LogP contribution is -2.29. The van der Waals surface area contributed by atoms with Gasteiger partial charge in [0.15, 0.2) is 0 Å². The zero-order valence-corrected chi connectivity index (χ0v) is 16.1. The molecule has 3 aromatic rings. The summed E-state index contributed by atoms with van der Waals surface area (Å²) in [6.07, 6.45) is 3.59. The number of hydrogen-bond donors (Lipinski definition) is 0. The second kappa shape index (κ2) is 7.02. The van der Waals surface area contributed by atoms with Crippen LogP contribution in [0.3, 0.4) is 0 Å². The smallest absolute Gasteiger partial charge is 0.243 e. The van der Waals surface area contributed by atoms with Gasteiger partial charge >= 0.3 is 0 Å². The molecule has 1 atom stereocenters. The van der Waals surface area contributed by atoms with Crippen LogP contribution in [-0.4, -0.2) is 45.9 Å². The SMILES string of the molecule is Cc1nc(-c2cncnc2[C@@H]2CCN(S(=O)(=O)c3ccc(C)c(F)c3)C2)no1. The van der Waals surface area contributed by atoms with E-state index >= 15 is 0 Å². The highest BCUT2D eigenvalue weighted by Crippen LogP contribution is 2.34. The molecule has 0 aliphatic carbocycles. The van der Waals surface area contributed by atoms with Gasteiger partial charge in [0, 0.05) is 32.1 Å². The van der Waals surface area contributed by atoms with Gasteiger partial charge in [-0.3, -0.25) is 0 Å². The van der Waals surface area contributed by atoms with Crippen LogP contribution in [0.4, 0.5) is 4.39 Å². The van der Waals surface area contributed by atoms with Crippen LogP contribution >= 0.6 is 0 Å². The van der Waals surface area contributed by atoms with E-state index in [4.69, 9.17) is 4.52 Å². The molecule has 0 spiro atoms. The first-order valence-electron chi connectivity index (χ1n) is 8.73. The van der Waals surface area contributed by atoms with Gasteiger partial charge in [0.2, 0.25) is 21.7 Å². The first kappa shape index (κ1) is 18.6. The van der Waals surface area contributed by atoms with Crippen molar-refractivity contribution in [3.05, 3.63) is 53.7 Å². The zero-order chi connectivity index (χ0) is 19.9. The molecular weight excluding hydrogens is 385 g/mol. The molecule has 1 saturated heterocycles. The molecule has 8 nitrogen and oxygen atoms in total. The summed E-state index contributed by atoms with van der Waals surface area (Å²) >= 11 is 0. The third-order valence-electron chi connectivity index (χ3n) is 4.83. The van der Waals surface area contributed by atoms with Crippen molar-refractivity contribution in [3.8, 4) is 11.4 Å². The highest BCUT2D eigenvalue weighted by atomic mass is 32.2. The monoisotopic (exact) mass is 403 g/mol. The minimum Gasteiger partial charge on any atom is -0.339 e. The maximum atomic E-state index is 13.9. The molecule has 0 unspecified atom stereocenters. The standard InChI is InChI=1S/C18H18FN5O3S/c1-11-3-4-14(7-16(11)19)28(25,26)24-6-5-13(9-24)17-15(8-20-10-21-17)18-22-12(2)27-23-18/h3-4,7-8,10,13H,5-6,9H2,1-2H3/t13-/m1/s1. The van der Waals surface area contributed by atoms with Gasteiger partial charge in [-0.05, 0) is 31.0 Å². The van der Waals surface area contributed by atoms with Crippen LogP contribution in [0, 0.1) is 19.7 Å². The van der Waals surface area contributed by atoms with E-state index in [0.717, 1.165) is 6.07 Å². The molecule has 28 heavy (non-hydrogen) atoms. The van der Waals surface area contributed by atoms with Gasteiger partial charge in [0.25, 0.3) is 0 Å². The summed E-state index contributed by atoms with van der Waals surface area (Å²) in [6, 6.07) is 3.96. The van der Waals surface area contributed by atoms with Crippen LogP contribution in [0.25, 0.3) is 11.4 Å². The topological polar surface area (TPSA) is 102 Å². The summed E-state index contributed by atoms with van der Waals surface area (Å²) in [5.74, 6) is 0.0982. The van der Waals surface area contributed by atoms with Crippen LogP contribution in [0.15, 0.2) is 40.1 Å². The number of benzene rings is 1. The quantitative estimate of drug-likeness (QED) is 0.659. The Morgan fingerprint density at radius 1 is 1.29 bits per heavy atom. The number of aromatic nitrogens is 4. The van der Waals surface area contributed by atoms with E-state index in [1.165, 1.54) is 22.8 Å². The lowest BCUT2D eigenvalue weighted by atomic mass is 10.00. The molecule has 0 N–H and O–H groups in total. The van der Waals surface area contributed by atoms with Crippen LogP contribution in [-0.2, 0) is 10.0 Å². The van der Waals surface area contributed by atoms with Gasteiger partial charge in [-0.1, -0.05) is 11.2 Å². The summed E-state index contributed by atoms with van der Waals surface area (Å²) in [5.41, 5.74) is 1.69. The van der Waals surface area contributed by atoms with Gasteiger partial charge in [-0.15, -0.1) is 0 Å². The Kier molecular flexibility index (Phi) is 4.68. The molecule has 4 rings (SSSR count). The van der Waals surface area contributed by atoms with Crippen molar-refractivity contribution in [3.63, 3.8) is 0 Å². The van der Waals surface area contributed by atoms with E-state index in [1.807, 2.05) is 0 Å². The fourth-order valence-electron chi connectivity index (χ4n) is 3.30. The molecule has 0 saturated carbocycles. The average molecular weight is 403 g/mol. The highest BCUT2D eigenvalue weighted by Gasteiger charge is 2.35. The Hall–Kier alpha value is -2.72. The van der Waals surface area contributed by atoms with Crippen molar-refractivity contribution in [2.45, 2.75) is 31.1 Å². The summed E-state index contributed by atoms with van der Waals surface area (Å²) < 4.78 is 46.1. The summed E-state index contributed by atoms with van der Waals surface area (Å²) in [7, 11) is -3.79. The summed E-state index contributed by atoms with van der Waals surface area (Å²) in [5, 5.41) is 3.91. The predicted octanol–water partition coefficient (Wildman–Crippen LogP) is 2.46. The summed E-state index contributed by atoms with van der Waals surface area (Å²) in [6.45, 7) is 3.83. The third-order valence-corrected chi connectivity index (χ3v) is 6.69. The van der Waals surface area contributed by atoms with Gasteiger partial charge in [-0.25, -0.2) is 22.8 Å². The van der Waals surface area contributed by atoms with Gasteiger partial charge in [0.05, 0.1) is 16.2 Å². The van der Waals surface area contributed by atoms with Gasteiger partial charge in [0.1, 0.15) is 12.1 Å². The number of hydrogen-bond acceptors (Lipinski definition) is 7. The normalized spacial score (nSPS) is 17.9. The molecule has 1 fully saturated rings. The molecule has 3 heterocycles. The number of aryl methyl sites for hydroxylation is 2. The molecule has 0 bridgehead atoms. The molecule has 1 aliphatic heterocycles. The van der Waals surface area contributed by atoms with E-state index in [2.05, 4.69) is 20.1 Å². The maximum Gasteiger partial charge on any atom is 0.243 e. The van der Waals surface area contributed by atoms with E-state index < -0.39 is 15.8 Å². The maximum absolute atomic E-state index is 13.9. The van der Waals surface area contributed by atoms with Crippen molar-refractivity contribution >= 4 is 10.0 Å². The highest BCUT2D eigenvalue weighted by molar-refractivity contribution is 7.89. The van der Waals surface area contributed by atoms with E-state index in [0.29, 0.717) is 41.5 Å². The van der Waals surface area contributed by atoms with Crippen LogP contribution in [0.2, 0.25) is 0 Å². The summed E-state index contributed by atoms with van der Waals surface area (Å²) in [4.78, 5) is 12.5. The zero-order valence-electron chi connectivity index (χ0n) is 15.3. The molecule has 1 aromatic carbocycles. The van der Waals surface area contributed by atoms with Crippen molar-refractivity contribution in [2.75, 3.05) is 13.1 Å². The molecule has 0 radical (unpaired) electrons. The Morgan fingerprint density at radius 3 is 2.82 bits per heavy atom. The van der Waals surface area contributed by atoms with E-state index in [-0.39, 0.29) is 17.4 Å². The average Bonchev–Trinajstić information content (AvgIpc) is 3.33. The lowest BCUT2D eigenvalue weighted by molar-refractivity contribution is 0.394. The number of halogens is 1. The molecule has 1 aliphatic rings. The van der Waals surface area contributed by atoms with Gasteiger partial charge < -0.3 is 4.52 Å². The Bertz CT molecular complexity index is 1130. The lowest BCUT2D eigenvalue weighted by Gasteiger charge is -2.17. The molecule has 10 heteroatoms. The first-order chi connectivity index (χ1) is 13.4. The largest absolute Gasteiger partial charge is 0.339 e. The van der Waals surface area contributed by atoms with Crippen LogP contribution < -0.4 is 0 Å². The molecular formula is C18H18FN5O3S. The fraction of sp³-hybridized carbons (Fsp3) is 0.333. The van der Waals surface area contributed by atoms with Crippen molar-refractivity contribution in [1.82, 2.24) is 24.4 Å². The first-order valence-corrected chi connectivity index (χ1v) is 10.2.